The minimum atomic E-state index is -0.120. The van der Waals surface area contributed by atoms with Gasteiger partial charge in [0.25, 0.3) is 0 Å². The van der Waals surface area contributed by atoms with Crippen molar-refractivity contribution in [3.05, 3.63) is 34.9 Å². The van der Waals surface area contributed by atoms with E-state index in [1.54, 1.807) is 0 Å². The zero-order valence-corrected chi connectivity index (χ0v) is 12.8. The van der Waals surface area contributed by atoms with Crippen LogP contribution in [0.1, 0.15) is 37.2 Å². The monoisotopic (exact) mass is 295 g/mol. The molecule has 0 aromatic heterocycles. The molecule has 1 aliphatic rings. The first-order valence-electron chi connectivity index (χ1n) is 7.15. The van der Waals surface area contributed by atoms with E-state index in [2.05, 4.69) is 17.4 Å². The van der Waals surface area contributed by atoms with Crippen LogP contribution in [0.3, 0.4) is 0 Å². The van der Waals surface area contributed by atoms with Crippen LogP contribution in [0.2, 0.25) is 5.02 Å². The predicted molar refractivity (Wildman–Crippen MR) is 81.0 cm³/mol. The summed E-state index contributed by atoms with van der Waals surface area (Å²) in [6.07, 6.45) is 3.85. The van der Waals surface area contributed by atoms with Gasteiger partial charge in [0.15, 0.2) is 0 Å². The molecule has 0 aliphatic heterocycles. The third kappa shape index (κ3) is 3.53. The Morgan fingerprint density at radius 1 is 1.35 bits per heavy atom. The summed E-state index contributed by atoms with van der Waals surface area (Å²) >= 11 is 5.97. The van der Waals surface area contributed by atoms with Crippen LogP contribution in [0.25, 0.3) is 0 Å². The van der Waals surface area contributed by atoms with Gasteiger partial charge in [-0.3, -0.25) is 4.79 Å². The van der Waals surface area contributed by atoms with Gasteiger partial charge in [0.05, 0.1) is 7.11 Å². The van der Waals surface area contributed by atoms with Crippen LogP contribution in [0.4, 0.5) is 0 Å². The molecule has 0 radical (unpaired) electrons. The highest BCUT2D eigenvalue weighted by molar-refractivity contribution is 6.30. The molecule has 4 heteroatoms. The number of rotatable bonds is 4. The molecule has 2 rings (SSSR count). The van der Waals surface area contributed by atoms with Crippen molar-refractivity contribution in [1.29, 1.82) is 0 Å². The molecular weight excluding hydrogens is 274 g/mol. The Bertz CT molecular complexity index is 446. The maximum atomic E-state index is 11.6. The van der Waals surface area contributed by atoms with Crippen LogP contribution in [0, 0.1) is 5.92 Å². The van der Waals surface area contributed by atoms with Gasteiger partial charge in [0.1, 0.15) is 0 Å². The summed E-state index contributed by atoms with van der Waals surface area (Å²) in [4.78, 5) is 11.6. The number of carbonyl (C=O) groups excluding carboxylic acids is 1. The molecule has 3 atom stereocenters. The first kappa shape index (κ1) is 15.3. The van der Waals surface area contributed by atoms with Crippen molar-refractivity contribution >= 4 is 17.6 Å². The van der Waals surface area contributed by atoms with Gasteiger partial charge in [-0.1, -0.05) is 30.2 Å². The summed E-state index contributed by atoms with van der Waals surface area (Å²) in [5.41, 5.74) is 1.25. The normalized spacial score (nSPS) is 26.2. The van der Waals surface area contributed by atoms with Gasteiger partial charge in [-0.15, -0.1) is 0 Å². The molecule has 0 amide bonds. The van der Waals surface area contributed by atoms with Crippen LogP contribution in [-0.4, -0.2) is 26.2 Å². The largest absolute Gasteiger partial charge is 0.469 e. The van der Waals surface area contributed by atoms with Crippen LogP contribution < -0.4 is 5.32 Å². The van der Waals surface area contributed by atoms with Crippen molar-refractivity contribution in [3.8, 4) is 0 Å². The number of carbonyl (C=O) groups is 1. The molecule has 1 saturated carbocycles. The molecule has 3 unspecified atom stereocenters. The average Bonchev–Trinajstić information content (AvgIpc) is 2.48. The zero-order chi connectivity index (χ0) is 14.5. The lowest BCUT2D eigenvalue weighted by Crippen LogP contribution is -2.40. The van der Waals surface area contributed by atoms with Crippen molar-refractivity contribution < 1.29 is 9.53 Å². The Hall–Kier alpha value is -1.06. The second-order valence-corrected chi connectivity index (χ2v) is 5.88. The summed E-state index contributed by atoms with van der Waals surface area (Å²) in [5, 5.41) is 4.15. The van der Waals surface area contributed by atoms with Gasteiger partial charge in [-0.2, -0.15) is 0 Å². The van der Waals surface area contributed by atoms with E-state index in [9.17, 15) is 4.79 Å². The third-order valence-corrected chi connectivity index (χ3v) is 4.57. The molecule has 3 nitrogen and oxygen atoms in total. The Morgan fingerprint density at radius 2 is 2.05 bits per heavy atom. The molecule has 1 fully saturated rings. The van der Waals surface area contributed by atoms with E-state index >= 15 is 0 Å². The number of ether oxygens (including phenoxy) is 1. The molecular formula is C16H22ClNO2. The summed E-state index contributed by atoms with van der Waals surface area (Å²) < 4.78 is 4.84. The van der Waals surface area contributed by atoms with Gasteiger partial charge in [0.2, 0.25) is 0 Å². The predicted octanol–water partition coefficient (Wildman–Crippen LogP) is 3.37. The van der Waals surface area contributed by atoms with E-state index < -0.39 is 0 Å². The SMILES string of the molecule is CNC1CCCC(CC(=O)OC)C1c1ccc(Cl)cc1. The molecule has 20 heavy (non-hydrogen) atoms. The van der Waals surface area contributed by atoms with Gasteiger partial charge < -0.3 is 10.1 Å². The number of hydrogen-bond acceptors (Lipinski definition) is 3. The van der Waals surface area contributed by atoms with Crippen molar-refractivity contribution in [1.82, 2.24) is 5.32 Å². The molecule has 0 heterocycles. The molecule has 1 aromatic rings. The first-order chi connectivity index (χ1) is 9.65. The fraction of sp³-hybridized carbons (Fsp3) is 0.562. The number of methoxy groups -OCH3 is 1. The second-order valence-electron chi connectivity index (χ2n) is 5.44. The fourth-order valence-electron chi connectivity index (χ4n) is 3.33. The number of benzene rings is 1. The Balaban J connectivity index is 2.24. The fourth-order valence-corrected chi connectivity index (χ4v) is 3.45. The number of esters is 1. The van der Waals surface area contributed by atoms with E-state index in [1.807, 2.05) is 19.2 Å². The highest BCUT2D eigenvalue weighted by Crippen LogP contribution is 2.40. The average molecular weight is 296 g/mol. The van der Waals surface area contributed by atoms with E-state index in [1.165, 1.54) is 12.7 Å². The van der Waals surface area contributed by atoms with Crippen molar-refractivity contribution in [2.75, 3.05) is 14.2 Å². The Kier molecular flexibility index (Phi) is 5.44. The zero-order valence-electron chi connectivity index (χ0n) is 12.1. The van der Waals surface area contributed by atoms with Gasteiger partial charge in [-0.25, -0.2) is 0 Å². The maximum absolute atomic E-state index is 11.6. The minimum absolute atomic E-state index is 0.120. The minimum Gasteiger partial charge on any atom is -0.469 e. The Labute approximate surface area is 125 Å². The molecule has 0 bridgehead atoms. The summed E-state index contributed by atoms with van der Waals surface area (Å²) in [6, 6.07) is 8.40. The smallest absolute Gasteiger partial charge is 0.305 e. The lowest BCUT2D eigenvalue weighted by atomic mass is 9.71. The number of halogens is 1. The molecule has 0 saturated heterocycles. The van der Waals surface area contributed by atoms with Crippen LogP contribution in [0.5, 0.6) is 0 Å². The Morgan fingerprint density at radius 3 is 2.65 bits per heavy atom. The molecule has 1 aromatic carbocycles. The van der Waals surface area contributed by atoms with E-state index in [0.717, 1.165) is 24.3 Å². The van der Waals surface area contributed by atoms with Gasteiger partial charge in [0, 0.05) is 23.4 Å². The standard InChI is InChI=1S/C16H22ClNO2/c1-18-14-5-3-4-12(10-15(19)20-2)16(14)11-6-8-13(17)9-7-11/h6-9,12,14,16,18H,3-5,10H2,1-2H3. The highest BCUT2D eigenvalue weighted by Gasteiger charge is 2.34. The van der Waals surface area contributed by atoms with Crippen molar-refractivity contribution in [3.63, 3.8) is 0 Å². The third-order valence-electron chi connectivity index (χ3n) is 4.31. The summed E-state index contributed by atoms with van der Waals surface area (Å²) in [5.74, 6) is 0.547. The molecule has 1 aliphatic carbocycles. The number of nitrogens with one attached hydrogen (secondary N) is 1. The molecule has 0 spiro atoms. The summed E-state index contributed by atoms with van der Waals surface area (Å²) in [6.45, 7) is 0. The lowest BCUT2D eigenvalue weighted by Gasteiger charge is -2.38. The lowest BCUT2D eigenvalue weighted by molar-refractivity contribution is -0.142. The highest BCUT2D eigenvalue weighted by atomic mass is 35.5. The van der Waals surface area contributed by atoms with Crippen LogP contribution in [-0.2, 0) is 9.53 Å². The maximum Gasteiger partial charge on any atom is 0.305 e. The summed E-state index contributed by atoms with van der Waals surface area (Å²) in [7, 11) is 3.45. The molecule has 1 N–H and O–H groups in total. The van der Waals surface area contributed by atoms with Crippen LogP contribution in [0.15, 0.2) is 24.3 Å². The van der Waals surface area contributed by atoms with E-state index in [4.69, 9.17) is 16.3 Å². The van der Waals surface area contributed by atoms with E-state index in [-0.39, 0.29) is 5.97 Å². The van der Waals surface area contributed by atoms with Gasteiger partial charge >= 0.3 is 5.97 Å². The topological polar surface area (TPSA) is 38.3 Å². The van der Waals surface area contributed by atoms with Crippen molar-refractivity contribution in [2.45, 2.75) is 37.6 Å². The second kappa shape index (κ2) is 7.09. The number of likely N-dealkylation sites (N-methyl/N-ethyl adjacent to an activating group) is 1. The van der Waals surface area contributed by atoms with E-state index in [0.29, 0.717) is 24.3 Å². The molecule has 110 valence electrons. The number of hydrogen-bond donors (Lipinski definition) is 1. The van der Waals surface area contributed by atoms with Crippen LogP contribution >= 0.6 is 11.6 Å². The van der Waals surface area contributed by atoms with Crippen molar-refractivity contribution in [2.24, 2.45) is 5.92 Å². The quantitative estimate of drug-likeness (QED) is 0.866. The van der Waals surface area contributed by atoms with Gasteiger partial charge in [-0.05, 0) is 43.5 Å². The first-order valence-corrected chi connectivity index (χ1v) is 7.53.